The molecule has 6 nitrogen and oxygen atoms in total. The van der Waals surface area contributed by atoms with E-state index in [0.717, 1.165) is 57.0 Å². The number of rotatable bonds is 8. The number of hydrogen-bond donors (Lipinski definition) is 0. The molecule has 1 aliphatic heterocycles. The van der Waals surface area contributed by atoms with Crippen LogP contribution in [0.25, 0.3) is 0 Å². The summed E-state index contributed by atoms with van der Waals surface area (Å²) < 4.78 is 8.27. The molecule has 1 unspecified atom stereocenters. The maximum atomic E-state index is 6.19. The second-order valence-corrected chi connectivity index (χ2v) is 6.94. The number of hydrogen-bond acceptors (Lipinski definition) is 5. The first-order valence-corrected chi connectivity index (χ1v) is 9.13. The molecule has 0 spiro atoms. The average Bonchev–Trinajstić information content (AvgIpc) is 3.21. The van der Waals surface area contributed by atoms with Crippen LogP contribution >= 0.6 is 0 Å². The van der Waals surface area contributed by atoms with Gasteiger partial charge in [-0.3, -0.25) is 14.6 Å². The smallest absolute Gasteiger partial charge is 0.123 e. The van der Waals surface area contributed by atoms with Gasteiger partial charge in [0.2, 0.25) is 0 Å². The molecule has 0 N–H and O–H groups in total. The first-order chi connectivity index (χ1) is 12.1. The Morgan fingerprint density at radius 3 is 2.96 bits per heavy atom. The fourth-order valence-corrected chi connectivity index (χ4v) is 3.36. The van der Waals surface area contributed by atoms with E-state index >= 15 is 0 Å². The summed E-state index contributed by atoms with van der Waals surface area (Å²) in [5.74, 6) is 0.933. The summed E-state index contributed by atoms with van der Waals surface area (Å²) in [6.45, 7) is 7.06. The van der Waals surface area contributed by atoms with Crippen molar-refractivity contribution >= 4 is 0 Å². The van der Waals surface area contributed by atoms with Crippen molar-refractivity contribution < 1.29 is 4.74 Å². The van der Waals surface area contributed by atoms with Gasteiger partial charge in [0.15, 0.2) is 0 Å². The number of aromatic nitrogens is 3. The van der Waals surface area contributed by atoms with Gasteiger partial charge < -0.3 is 9.64 Å². The maximum absolute atomic E-state index is 6.19. The Morgan fingerprint density at radius 1 is 1.28 bits per heavy atom. The first kappa shape index (κ1) is 17.9. The van der Waals surface area contributed by atoms with E-state index in [1.807, 2.05) is 18.5 Å². The Morgan fingerprint density at radius 2 is 2.16 bits per heavy atom. The summed E-state index contributed by atoms with van der Waals surface area (Å²) in [5, 5.41) is 4.34. The van der Waals surface area contributed by atoms with Crippen LogP contribution in [0, 0.1) is 0 Å². The first-order valence-electron chi connectivity index (χ1n) is 9.13. The second-order valence-electron chi connectivity index (χ2n) is 6.94. The number of ether oxygens (including phenoxy) is 1. The predicted octanol–water partition coefficient (Wildman–Crippen LogP) is 2.06. The largest absolute Gasteiger partial charge is 0.489 e. The fourth-order valence-electron chi connectivity index (χ4n) is 3.36. The van der Waals surface area contributed by atoms with Crippen LogP contribution in [0.2, 0.25) is 0 Å². The molecule has 6 heteroatoms. The van der Waals surface area contributed by atoms with Crippen LogP contribution in [-0.4, -0.2) is 64.4 Å². The molecule has 1 saturated heterocycles. The number of nitrogens with zero attached hydrogens (tertiary/aromatic N) is 5. The highest BCUT2D eigenvalue weighted by atomic mass is 16.5. The molecule has 0 radical (unpaired) electrons. The number of pyridine rings is 1. The highest BCUT2D eigenvalue weighted by Gasteiger charge is 2.24. The standard InChI is InChI=1S/C19H29N5O/c1-4-24-17(5-10-21-24)7-11-23-12-8-19(15-23)25-18-6-9-20-16(13-18)14-22(2)3/h5-6,9-10,13,19H,4,7-8,11-12,14-15H2,1-3H3. The third kappa shape index (κ3) is 5.03. The molecule has 0 aromatic carbocycles. The van der Waals surface area contributed by atoms with E-state index in [1.165, 1.54) is 5.69 Å². The maximum Gasteiger partial charge on any atom is 0.123 e. The molecule has 0 aliphatic carbocycles. The molecule has 1 aliphatic rings. The summed E-state index contributed by atoms with van der Waals surface area (Å²) in [6, 6.07) is 6.14. The summed E-state index contributed by atoms with van der Waals surface area (Å²) in [7, 11) is 4.10. The molecule has 3 rings (SSSR count). The lowest BCUT2D eigenvalue weighted by Crippen LogP contribution is -2.27. The monoisotopic (exact) mass is 343 g/mol. The molecule has 3 heterocycles. The van der Waals surface area contributed by atoms with Gasteiger partial charge in [0.1, 0.15) is 11.9 Å². The van der Waals surface area contributed by atoms with Crippen LogP contribution in [0.5, 0.6) is 5.75 Å². The van der Waals surface area contributed by atoms with Crippen molar-refractivity contribution in [2.75, 3.05) is 33.7 Å². The van der Waals surface area contributed by atoms with Crippen LogP contribution in [0.4, 0.5) is 0 Å². The normalized spacial score (nSPS) is 18.2. The van der Waals surface area contributed by atoms with E-state index in [-0.39, 0.29) is 6.10 Å². The predicted molar refractivity (Wildman–Crippen MR) is 98.7 cm³/mol. The minimum absolute atomic E-state index is 0.269. The summed E-state index contributed by atoms with van der Waals surface area (Å²) in [5.41, 5.74) is 2.36. The Hall–Kier alpha value is -1.92. The van der Waals surface area contributed by atoms with Gasteiger partial charge >= 0.3 is 0 Å². The van der Waals surface area contributed by atoms with Crippen LogP contribution in [0.1, 0.15) is 24.7 Å². The van der Waals surface area contributed by atoms with Gasteiger partial charge in [-0.05, 0) is 39.6 Å². The van der Waals surface area contributed by atoms with Crippen molar-refractivity contribution in [1.29, 1.82) is 0 Å². The Labute approximate surface area is 150 Å². The van der Waals surface area contributed by atoms with E-state index in [9.17, 15) is 0 Å². The lowest BCUT2D eigenvalue weighted by atomic mass is 10.3. The molecule has 25 heavy (non-hydrogen) atoms. The molecule has 2 aromatic rings. The second kappa shape index (κ2) is 8.45. The zero-order valence-electron chi connectivity index (χ0n) is 15.6. The fraction of sp³-hybridized carbons (Fsp3) is 0.579. The van der Waals surface area contributed by atoms with Crippen molar-refractivity contribution in [3.8, 4) is 5.75 Å². The van der Waals surface area contributed by atoms with E-state index < -0.39 is 0 Å². The van der Waals surface area contributed by atoms with Gasteiger partial charge in [0.25, 0.3) is 0 Å². The summed E-state index contributed by atoms with van der Waals surface area (Å²) in [6.07, 6.45) is 6.13. The van der Waals surface area contributed by atoms with E-state index in [4.69, 9.17) is 4.74 Å². The van der Waals surface area contributed by atoms with Crippen molar-refractivity contribution in [3.63, 3.8) is 0 Å². The molecule has 0 bridgehead atoms. The van der Waals surface area contributed by atoms with Gasteiger partial charge in [-0.2, -0.15) is 5.10 Å². The van der Waals surface area contributed by atoms with Crippen LogP contribution < -0.4 is 4.74 Å². The lowest BCUT2D eigenvalue weighted by Gasteiger charge is -2.17. The molecule has 1 fully saturated rings. The van der Waals surface area contributed by atoms with Crippen molar-refractivity contribution in [3.05, 3.63) is 42.0 Å². The van der Waals surface area contributed by atoms with Crippen molar-refractivity contribution in [1.82, 2.24) is 24.6 Å². The average molecular weight is 343 g/mol. The Balaban J connectivity index is 1.48. The van der Waals surface area contributed by atoms with E-state index in [2.05, 4.69) is 57.7 Å². The summed E-state index contributed by atoms with van der Waals surface area (Å²) >= 11 is 0. The zero-order valence-corrected chi connectivity index (χ0v) is 15.6. The minimum Gasteiger partial charge on any atom is -0.489 e. The summed E-state index contributed by atoms with van der Waals surface area (Å²) in [4.78, 5) is 9.00. The third-order valence-electron chi connectivity index (χ3n) is 4.59. The van der Waals surface area contributed by atoms with Gasteiger partial charge in [0.05, 0.1) is 5.69 Å². The molecular formula is C19H29N5O. The quantitative estimate of drug-likeness (QED) is 0.734. The topological polar surface area (TPSA) is 46.4 Å². The van der Waals surface area contributed by atoms with E-state index in [0.29, 0.717) is 0 Å². The van der Waals surface area contributed by atoms with Gasteiger partial charge in [-0.15, -0.1) is 0 Å². The number of likely N-dealkylation sites (tertiary alicyclic amines) is 1. The van der Waals surface area contributed by atoms with E-state index in [1.54, 1.807) is 0 Å². The van der Waals surface area contributed by atoms with Crippen molar-refractivity contribution in [2.45, 2.75) is 39.0 Å². The molecule has 0 amide bonds. The van der Waals surface area contributed by atoms with Crippen LogP contribution in [0.15, 0.2) is 30.6 Å². The van der Waals surface area contributed by atoms with Crippen molar-refractivity contribution in [2.24, 2.45) is 0 Å². The molecular weight excluding hydrogens is 314 g/mol. The molecule has 136 valence electrons. The lowest BCUT2D eigenvalue weighted by molar-refractivity contribution is 0.200. The van der Waals surface area contributed by atoms with Gasteiger partial charge in [-0.1, -0.05) is 0 Å². The highest BCUT2D eigenvalue weighted by molar-refractivity contribution is 5.23. The minimum atomic E-state index is 0.269. The third-order valence-corrected chi connectivity index (χ3v) is 4.59. The SMILES string of the molecule is CCn1nccc1CCN1CCC(Oc2ccnc(CN(C)C)c2)C1. The van der Waals surface area contributed by atoms with Gasteiger partial charge in [0, 0.05) is 63.3 Å². The molecule has 2 aromatic heterocycles. The zero-order chi connectivity index (χ0) is 17.6. The Kier molecular flexibility index (Phi) is 6.04. The number of aryl methyl sites for hydroxylation is 1. The molecule has 1 atom stereocenters. The Bertz CT molecular complexity index is 669. The van der Waals surface area contributed by atoms with Crippen LogP contribution in [-0.2, 0) is 19.5 Å². The van der Waals surface area contributed by atoms with Gasteiger partial charge in [-0.25, -0.2) is 0 Å². The highest BCUT2D eigenvalue weighted by Crippen LogP contribution is 2.19. The molecule has 0 saturated carbocycles. The van der Waals surface area contributed by atoms with Crippen LogP contribution in [0.3, 0.4) is 0 Å².